The van der Waals surface area contributed by atoms with Crippen molar-refractivity contribution < 1.29 is 17.6 Å². The fourth-order valence-corrected chi connectivity index (χ4v) is 4.55. The Balaban J connectivity index is 1.71. The van der Waals surface area contributed by atoms with E-state index in [0.717, 1.165) is 23.0 Å². The number of rotatable bonds is 5. The third-order valence-corrected chi connectivity index (χ3v) is 7.14. The van der Waals surface area contributed by atoms with Gasteiger partial charge in [0.05, 0.1) is 10.5 Å². The maximum absolute atomic E-state index is 14.2. The van der Waals surface area contributed by atoms with Crippen LogP contribution in [0.2, 0.25) is 0 Å². The van der Waals surface area contributed by atoms with E-state index in [1.54, 1.807) is 16.2 Å². The minimum atomic E-state index is -3.73. The molecule has 3 rings (SSSR count). The maximum atomic E-state index is 14.2. The van der Waals surface area contributed by atoms with Crippen molar-refractivity contribution in [2.24, 2.45) is 0 Å². The molecule has 0 spiro atoms. The predicted octanol–water partition coefficient (Wildman–Crippen LogP) is 2.10. The van der Waals surface area contributed by atoms with E-state index in [0.29, 0.717) is 26.2 Å². The second-order valence-electron chi connectivity index (χ2n) is 6.63. The molecule has 0 bridgehead atoms. The number of carbonyl (C=O) groups excluding carboxylic acids is 1. The number of carbonyl (C=O) groups is 1. The van der Waals surface area contributed by atoms with E-state index < -0.39 is 21.7 Å². The van der Waals surface area contributed by atoms with Crippen LogP contribution < -0.4 is 0 Å². The third-order valence-electron chi connectivity index (χ3n) is 4.59. The molecule has 146 valence electrons. The summed E-state index contributed by atoms with van der Waals surface area (Å²) in [4.78, 5) is 16.5. The zero-order valence-electron chi connectivity index (χ0n) is 15.3. The van der Waals surface area contributed by atoms with E-state index in [1.807, 2.05) is 5.38 Å². The van der Waals surface area contributed by atoms with Gasteiger partial charge in [0.2, 0.25) is 10.0 Å². The average molecular weight is 412 g/mol. The van der Waals surface area contributed by atoms with Crippen LogP contribution >= 0.6 is 11.3 Å². The van der Waals surface area contributed by atoms with Gasteiger partial charge < -0.3 is 4.90 Å². The van der Waals surface area contributed by atoms with Gasteiger partial charge in [0.25, 0.3) is 5.91 Å². The molecule has 0 saturated carbocycles. The number of nitrogens with zero attached hydrogens (tertiary/aromatic N) is 3. The minimum absolute atomic E-state index is 0.0895. The van der Waals surface area contributed by atoms with Gasteiger partial charge in [-0.25, -0.2) is 17.1 Å². The number of thiophene rings is 1. The Labute approximate surface area is 162 Å². The highest BCUT2D eigenvalue weighted by Gasteiger charge is 2.26. The van der Waals surface area contributed by atoms with Crippen molar-refractivity contribution in [2.45, 2.75) is 11.4 Å². The number of halogens is 1. The van der Waals surface area contributed by atoms with Gasteiger partial charge in [0.15, 0.2) is 0 Å². The molecule has 0 atom stereocenters. The normalized spacial score (nSPS) is 16.1. The molecule has 2 heterocycles. The number of hydrogen-bond acceptors (Lipinski definition) is 5. The summed E-state index contributed by atoms with van der Waals surface area (Å²) >= 11 is 1.65. The van der Waals surface area contributed by atoms with Gasteiger partial charge in [0, 0.05) is 46.8 Å². The van der Waals surface area contributed by atoms with Crippen molar-refractivity contribution in [1.29, 1.82) is 0 Å². The summed E-state index contributed by atoms with van der Waals surface area (Å²) in [5.74, 6) is -1.18. The minimum Gasteiger partial charge on any atom is -0.336 e. The van der Waals surface area contributed by atoms with Crippen LogP contribution in [-0.4, -0.2) is 68.7 Å². The average Bonchev–Trinajstić information content (AvgIpc) is 3.15. The van der Waals surface area contributed by atoms with Gasteiger partial charge in [-0.2, -0.15) is 11.3 Å². The molecular formula is C18H22FN3O3S2. The van der Waals surface area contributed by atoms with Crippen LogP contribution in [0.15, 0.2) is 39.9 Å². The van der Waals surface area contributed by atoms with Crippen molar-refractivity contribution in [3.8, 4) is 0 Å². The molecule has 1 aromatic heterocycles. The zero-order chi connectivity index (χ0) is 19.6. The number of benzene rings is 1. The summed E-state index contributed by atoms with van der Waals surface area (Å²) in [7, 11) is -0.938. The zero-order valence-corrected chi connectivity index (χ0v) is 16.9. The number of sulfonamides is 1. The van der Waals surface area contributed by atoms with Crippen LogP contribution in [0.5, 0.6) is 0 Å². The molecule has 1 amide bonds. The van der Waals surface area contributed by atoms with Gasteiger partial charge >= 0.3 is 0 Å². The molecule has 1 aliphatic rings. The molecule has 1 aliphatic heterocycles. The predicted molar refractivity (Wildman–Crippen MR) is 103 cm³/mol. The highest BCUT2D eigenvalue weighted by molar-refractivity contribution is 7.89. The van der Waals surface area contributed by atoms with Crippen molar-refractivity contribution in [1.82, 2.24) is 14.1 Å². The van der Waals surface area contributed by atoms with Crippen LogP contribution in [-0.2, 0) is 16.6 Å². The van der Waals surface area contributed by atoms with E-state index in [-0.39, 0.29) is 10.5 Å². The standard InChI is InChI=1S/C18H22FN3O3S2/c1-20(2)27(24,25)15-3-4-17(19)16(11-15)18(23)22-8-6-21(7-9-22)12-14-5-10-26-13-14/h3-5,10-11,13H,6-9,12H2,1-2H3. The van der Waals surface area contributed by atoms with Crippen LogP contribution in [0.25, 0.3) is 0 Å². The van der Waals surface area contributed by atoms with Crippen LogP contribution in [0.1, 0.15) is 15.9 Å². The molecule has 9 heteroatoms. The quantitative estimate of drug-likeness (QED) is 0.756. The fourth-order valence-electron chi connectivity index (χ4n) is 2.96. The Morgan fingerprint density at radius 1 is 1.19 bits per heavy atom. The highest BCUT2D eigenvalue weighted by atomic mass is 32.2. The first-order chi connectivity index (χ1) is 12.8. The fraction of sp³-hybridized carbons (Fsp3) is 0.389. The highest BCUT2D eigenvalue weighted by Crippen LogP contribution is 2.20. The molecule has 6 nitrogen and oxygen atoms in total. The lowest BCUT2D eigenvalue weighted by atomic mass is 10.1. The van der Waals surface area contributed by atoms with Crippen molar-refractivity contribution in [2.75, 3.05) is 40.3 Å². The Hall–Kier alpha value is -1.81. The van der Waals surface area contributed by atoms with Gasteiger partial charge in [-0.3, -0.25) is 9.69 Å². The molecule has 1 aromatic carbocycles. The van der Waals surface area contributed by atoms with Crippen molar-refractivity contribution in [3.63, 3.8) is 0 Å². The Morgan fingerprint density at radius 2 is 1.89 bits per heavy atom. The van der Waals surface area contributed by atoms with E-state index in [2.05, 4.69) is 16.3 Å². The van der Waals surface area contributed by atoms with E-state index in [4.69, 9.17) is 0 Å². The molecule has 0 radical (unpaired) electrons. The molecule has 2 aromatic rings. The number of amides is 1. The van der Waals surface area contributed by atoms with Gasteiger partial charge in [0.1, 0.15) is 5.82 Å². The van der Waals surface area contributed by atoms with E-state index in [1.165, 1.54) is 25.7 Å². The second kappa shape index (κ2) is 8.05. The van der Waals surface area contributed by atoms with Crippen molar-refractivity contribution >= 4 is 27.3 Å². The monoisotopic (exact) mass is 411 g/mol. The summed E-state index contributed by atoms with van der Waals surface area (Å²) in [6, 6.07) is 5.43. The molecule has 1 fully saturated rings. The van der Waals surface area contributed by atoms with Gasteiger partial charge in [-0.05, 0) is 40.6 Å². The Bertz CT molecular complexity index is 906. The first-order valence-electron chi connectivity index (χ1n) is 8.54. The number of hydrogen-bond donors (Lipinski definition) is 0. The summed E-state index contributed by atoms with van der Waals surface area (Å²) in [5.41, 5.74) is 1.04. The second-order valence-corrected chi connectivity index (χ2v) is 9.56. The van der Waals surface area contributed by atoms with Gasteiger partial charge in [-0.1, -0.05) is 0 Å². The Kier molecular flexibility index (Phi) is 5.95. The molecule has 0 N–H and O–H groups in total. The summed E-state index contributed by atoms with van der Waals surface area (Å²) < 4.78 is 39.8. The molecule has 0 unspecified atom stereocenters. The van der Waals surface area contributed by atoms with E-state index >= 15 is 0 Å². The maximum Gasteiger partial charge on any atom is 0.256 e. The lowest BCUT2D eigenvalue weighted by Crippen LogP contribution is -2.48. The Morgan fingerprint density at radius 3 is 2.48 bits per heavy atom. The largest absolute Gasteiger partial charge is 0.336 e. The van der Waals surface area contributed by atoms with Crippen molar-refractivity contribution in [3.05, 3.63) is 52.0 Å². The SMILES string of the molecule is CN(C)S(=O)(=O)c1ccc(F)c(C(=O)N2CCN(Cc3ccsc3)CC2)c1. The summed E-state index contributed by atoms with van der Waals surface area (Å²) in [5, 5.41) is 4.14. The summed E-state index contributed by atoms with van der Waals surface area (Å²) in [6.07, 6.45) is 0. The number of piperazine rings is 1. The van der Waals surface area contributed by atoms with Crippen LogP contribution in [0.4, 0.5) is 4.39 Å². The molecular weight excluding hydrogens is 389 g/mol. The topological polar surface area (TPSA) is 60.9 Å². The lowest BCUT2D eigenvalue weighted by Gasteiger charge is -2.34. The third kappa shape index (κ3) is 4.37. The van der Waals surface area contributed by atoms with Crippen LogP contribution in [0, 0.1) is 5.82 Å². The smallest absolute Gasteiger partial charge is 0.256 e. The first-order valence-corrected chi connectivity index (χ1v) is 10.9. The first kappa shape index (κ1) is 19.9. The molecule has 27 heavy (non-hydrogen) atoms. The summed E-state index contributed by atoms with van der Waals surface area (Å²) in [6.45, 7) is 3.17. The lowest BCUT2D eigenvalue weighted by molar-refractivity contribution is 0.0624. The van der Waals surface area contributed by atoms with Crippen LogP contribution in [0.3, 0.4) is 0 Å². The molecule has 1 saturated heterocycles. The van der Waals surface area contributed by atoms with E-state index in [9.17, 15) is 17.6 Å². The van der Waals surface area contributed by atoms with Gasteiger partial charge in [-0.15, -0.1) is 0 Å². The molecule has 0 aliphatic carbocycles.